The SMILES string of the molecule is CCc1cc2c(=O)n3c(nc2s1)/C(=C\c1ccc(C(=O)OC)cc1)CC3. The summed E-state index contributed by atoms with van der Waals surface area (Å²) in [6.07, 6.45) is 3.72. The smallest absolute Gasteiger partial charge is 0.337 e. The van der Waals surface area contributed by atoms with Gasteiger partial charge in [-0.05, 0) is 48.3 Å². The maximum absolute atomic E-state index is 12.8. The summed E-state index contributed by atoms with van der Waals surface area (Å²) in [6.45, 7) is 2.74. The number of hydrogen-bond donors (Lipinski definition) is 0. The minimum Gasteiger partial charge on any atom is -0.465 e. The van der Waals surface area contributed by atoms with Gasteiger partial charge in [0.05, 0.1) is 18.1 Å². The van der Waals surface area contributed by atoms with Crippen molar-refractivity contribution in [3.63, 3.8) is 0 Å². The Bertz CT molecular complexity index is 1090. The Hall–Kier alpha value is -2.73. The molecule has 5 nitrogen and oxygen atoms in total. The fourth-order valence-electron chi connectivity index (χ4n) is 3.21. The van der Waals surface area contributed by atoms with Gasteiger partial charge in [0.1, 0.15) is 10.7 Å². The van der Waals surface area contributed by atoms with E-state index in [0.717, 1.165) is 40.0 Å². The zero-order chi connectivity index (χ0) is 18.3. The van der Waals surface area contributed by atoms with Gasteiger partial charge in [-0.15, -0.1) is 11.3 Å². The second kappa shape index (κ2) is 6.53. The number of benzene rings is 1. The number of fused-ring (bicyclic) bond motifs is 2. The summed E-state index contributed by atoms with van der Waals surface area (Å²) in [6, 6.07) is 9.20. The van der Waals surface area contributed by atoms with E-state index in [2.05, 4.69) is 6.92 Å². The van der Waals surface area contributed by atoms with Crippen LogP contribution in [0.25, 0.3) is 21.9 Å². The number of aromatic nitrogens is 2. The van der Waals surface area contributed by atoms with Gasteiger partial charge < -0.3 is 4.74 Å². The van der Waals surface area contributed by atoms with E-state index in [0.29, 0.717) is 12.1 Å². The number of carbonyl (C=O) groups excluding carboxylic acids is 1. The van der Waals surface area contributed by atoms with E-state index >= 15 is 0 Å². The number of esters is 1. The third-order valence-corrected chi connectivity index (χ3v) is 5.79. The highest BCUT2D eigenvalue weighted by atomic mass is 32.1. The van der Waals surface area contributed by atoms with Crippen LogP contribution in [0.1, 0.15) is 40.0 Å². The van der Waals surface area contributed by atoms with Crippen molar-refractivity contribution in [1.82, 2.24) is 9.55 Å². The molecule has 0 saturated heterocycles. The summed E-state index contributed by atoms with van der Waals surface area (Å²) in [7, 11) is 1.37. The Morgan fingerprint density at radius 2 is 2.12 bits per heavy atom. The maximum Gasteiger partial charge on any atom is 0.337 e. The third-order valence-electron chi connectivity index (χ3n) is 4.62. The van der Waals surface area contributed by atoms with Crippen molar-refractivity contribution in [2.75, 3.05) is 7.11 Å². The minimum atomic E-state index is -0.351. The number of carbonyl (C=O) groups is 1. The molecule has 6 heteroatoms. The average molecular weight is 366 g/mol. The summed E-state index contributed by atoms with van der Waals surface area (Å²) < 4.78 is 6.49. The fraction of sp³-hybridized carbons (Fsp3) is 0.250. The van der Waals surface area contributed by atoms with Crippen molar-refractivity contribution in [2.45, 2.75) is 26.3 Å². The van der Waals surface area contributed by atoms with Crippen LogP contribution in [0.3, 0.4) is 0 Å². The lowest BCUT2D eigenvalue weighted by molar-refractivity contribution is 0.0600. The van der Waals surface area contributed by atoms with Gasteiger partial charge >= 0.3 is 5.97 Å². The molecule has 0 unspecified atom stereocenters. The van der Waals surface area contributed by atoms with Crippen molar-refractivity contribution in [3.8, 4) is 0 Å². The number of allylic oxidation sites excluding steroid dienone is 1. The fourth-order valence-corrected chi connectivity index (χ4v) is 4.17. The van der Waals surface area contributed by atoms with Crippen molar-refractivity contribution in [1.29, 1.82) is 0 Å². The Kier molecular flexibility index (Phi) is 4.20. The van der Waals surface area contributed by atoms with Crippen molar-refractivity contribution in [3.05, 3.63) is 62.5 Å². The standard InChI is InChI=1S/C20H18N2O3S/c1-3-15-11-16-18(26-15)21-17-14(8-9-22(17)19(16)23)10-12-4-6-13(7-5-12)20(24)25-2/h4-7,10-11H,3,8-9H2,1-2H3/b14-10-. The first-order valence-electron chi connectivity index (χ1n) is 8.53. The second-order valence-corrected chi connectivity index (χ2v) is 7.33. The highest BCUT2D eigenvalue weighted by molar-refractivity contribution is 7.18. The molecule has 1 aromatic carbocycles. The van der Waals surface area contributed by atoms with Gasteiger partial charge in [0.15, 0.2) is 0 Å². The molecular formula is C20H18N2O3S. The molecule has 0 bridgehead atoms. The van der Waals surface area contributed by atoms with Gasteiger partial charge in [0.25, 0.3) is 5.56 Å². The van der Waals surface area contributed by atoms with E-state index < -0.39 is 0 Å². The Morgan fingerprint density at radius 1 is 1.35 bits per heavy atom. The lowest BCUT2D eigenvalue weighted by Gasteiger charge is -2.03. The van der Waals surface area contributed by atoms with Crippen LogP contribution in [0.5, 0.6) is 0 Å². The number of hydrogen-bond acceptors (Lipinski definition) is 5. The second-order valence-electron chi connectivity index (χ2n) is 6.21. The number of rotatable bonds is 3. The molecule has 0 amide bonds. The summed E-state index contributed by atoms with van der Waals surface area (Å²) in [4.78, 5) is 31.0. The van der Waals surface area contributed by atoms with Crippen LogP contribution in [-0.4, -0.2) is 22.6 Å². The summed E-state index contributed by atoms with van der Waals surface area (Å²) in [5.74, 6) is 0.402. The predicted molar refractivity (Wildman–Crippen MR) is 104 cm³/mol. The minimum absolute atomic E-state index is 0.0467. The van der Waals surface area contributed by atoms with Gasteiger partial charge in [-0.1, -0.05) is 19.1 Å². The lowest BCUT2D eigenvalue weighted by Crippen LogP contribution is -2.19. The number of nitrogens with zero attached hydrogens (tertiary/aromatic N) is 2. The van der Waals surface area contributed by atoms with E-state index in [-0.39, 0.29) is 11.5 Å². The Morgan fingerprint density at radius 3 is 2.81 bits per heavy atom. The largest absolute Gasteiger partial charge is 0.465 e. The molecule has 1 aliphatic heterocycles. The van der Waals surface area contributed by atoms with Crippen LogP contribution < -0.4 is 5.56 Å². The normalized spacial score (nSPS) is 14.8. The number of methoxy groups -OCH3 is 1. The monoisotopic (exact) mass is 366 g/mol. The average Bonchev–Trinajstić information content (AvgIpc) is 3.26. The molecule has 2 aromatic heterocycles. The summed E-state index contributed by atoms with van der Waals surface area (Å²) in [5, 5.41) is 0.722. The van der Waals surface area contributed by atoms with Gasteiger partial charge in [-0.3, -0.25) is 9.36 Å². The van der Waals surface area contributed by atoms with Crippen LogP contribution in [0.15, 0.2) is 35.1 Å². The van der Waals surface area contributed by atoms with Crippen molar-refractivity contribution >= 4 is 39.2 Å². The first kappa shape index (κ1) is 16.7. The molecule has 0 radical (unpaired) electrons. The molecule has 0 N–H and O–H groups in total. The van der Waals surface area contributed by atoms with E-state index in [4.69, 9.17) is 9.72 Å². The molecule has 0 aliphatic carbocycles. The molecule has 0 atom stereocenters. The molecule has 1 aliphatic rings. The van der Waals surface area contributed by atoms with Crippen LogP contribution in [0.4, 0.5) is 0 Å². The molecule has 132 valence electrons. The number of ether oxygens (including phenoxy) is 1. The highest BCUT2D eigenvalue weighted by Gasteiger charge is 2.22. The molecule has 26 heavy (non-hydrogen) atoms. The molecular weight excluding hydrogens is 348 g/mol. The number of aryl methyl sites for hydroxylation is 1. The van der Waals surface area contributed by atoms with Crippen LogP contribution in [0, 0.1) is 0 Å². The first-order valence-corrected chi connectivity index (χ1v) is 9.35. The topological polar surface area (TPSA) is 61.2 Å². The van der Waals surface area contributed by atoms with Gasteiger partial charge in [0, 0.05) is 11.4 Å². The molecule has 3 aromatic rings. The van der Waals surface area contributed by atoms with E-state index in [9.17, 15) is 9.59 Å². The van der Waals surface area contributed by atoms with Crippen LogP contribution in [0.2, 0.25) is 0 Å². The summed E-state index contributed by atoms with van der Waals surface area (Å²) >= 11 is 1.59. The van der Waals surface area contributed by atoms with Gasteiger partial charge in [0.2, 0.25) is 0 Å². The molecule has 0 spiro atoms. The molecule has 3 heterocycles. The van der Waals surface area contributed by atoms with E-state index in [1.54, 1.807) is 28.0 Å². The quantitative estimate of drug-likeness (QED) is 0.663. The van der Waals surface area contributed by atoms with E-state index in [1.165, 1.54) is 12.0 Å². The first-order chi connectivity index (χ1) is 12.6. The zero-order valence-corrected chi connectivity index (χ0v) is 15.4. The van der Waals surface area contributed by atoms with Crippen molar-refractivity contribution in [2.24, 2.45) is 0 Å². The van der Waals surface area contributed by atoms with Crippen LogP contribution >= 0.6 is 11.3 Å². The van der Waals surface area contributed by atoms with E-state index in [1.807, 2.05) is 24.3 Å². The highest BCUT2D eigenvalue weighted by Crippen LogP contribution is 2.30. The van der Waals surface area contributed by atoms with Crippen molar-refractivity contribution < 1.29 is 9.53 Å². The summed E-state index contributed by atoms with van der Waals surface area (Å²) in [5.41, 5.74) is 2.57. The lowest BCUT2D eigenvalue weighted by atomic mass is 10.1. The number of thiophene rings is 1. The zero-order valence-electron chi connectivity index (χ0n) is 14.6. The molecule has 0 saturated carbocycles. The predicted octanol–water partition coefficient (Wildman–Crippen LogP) is 3.75. The molecule has 4 rings (SSSR count). The third kappa shape index (κ3) is 2.76. The van der Waals surface area contributed by atoms with Gasteiger partial charge in [-0.2, -0.15) is 0 Å². The Labute approximate surface area is 154 Å². The van der Waals surface area contributed by atoms with Gasteiger partial charge in [-0.25, -0.2) is 9.78 Å². The van der Waals surface area contributed by atoms with Crippen LogP contribution in [-0.2, 0) is 17.7 Å². The molecule has 0 fully saturated rings. The Balaban J connectivity index is 1.75. The maximum atomic E-state index is 12.8.